The smallest absolute Gasteiger partial charge is 0.340 e. The van der Waals surface area contributed by atoms with Crippen LogP contribution in [0.3, 0.4) is 0 Å². The van der Waals surface area contributed by atoms with Gasteiger partial charge in [0.05, 0.1) is 12.1 Å². The molecule has 1 amide bonds. The quantitative estimate of drug-likeness (QED) is 0.625. The molecule has 0 aliphatic carbocycles. The van der Waals surface area contributed by atoms with E-state index in [9.17, 15) is 9.59 Å². The Morgan fingerprint density at radius 2 is 2.29 bits per heavy atom. The predicted molar refractivity (Wildman–Crippen MR) is 73.5 cm³/mol. The monoisotopic (exact) mass is 284 g/mol. The number of rotatable bonds is 5. The number of ether oxygens (including phenoxy) is 1. The predicted octanol–water partition coefficient (Wildman–Crippen LogP) is 0.173. The number of hydrogen-bond donors (Lipinski definition) is 1. The van der Waals surface area contributed by atoms with E-state index in [1.807, 2.05) is 0 Å². The molecule has 0 bridgehead atoms. The highest BCUT2D eigenvalue weighted by Gasteiger charge is 2.10. The van der Waals surface area contributed by atoms with Gasteiger partial charge in [-0.3, -0.25) is 4.79 Å². The minimum absolute atomic E-state index is 0.0938. The SMILES string of the molecule is C#CCNC(=O)COC(=O)c1ccc(-n2cccn2)nc1. The van der Waals surface area contributed by atoms with Crippen molar-refractivity contribution in [1.29, 1.82) is 0 Å². The van der Waals surface area contributed by atoms with Gasteiger partial charge < -0.3 is 10.1 Å². The summed E-state index contributed by atoms with van der Waals surface area (Å²) in [6.45, 7) is -0.294. The number of nitrogens with one attached hydrogen (secondary N) is 1. The number of hydrogen-bond acceptors (Lipinski definition) is 5. The molecule has 2 rings (SSSR count). The second kappa shape index (κ2) is 6.86. The molecule has 0 aromatic carbocycles. The molecule has 0 fully saturated rings. The normalized spacial score (nSPS) is 9.67. The van der Waals surface area contributed by atoms with Crippen molar-refractivity contribution in [1.82, 2.24) is 20.1 Å². The Balaban J connectivity index is 1.91. The summed E-state index contributed by atoms with van der Waals surface area (Å²) in [6.07, 6.45) is 9.71. The third kappa shape index (κ3) is 3.91. The van der Waals surface area contributed by atoms with Crippen molar-refractivity contribution < 1.29 is 14.3 Å². The summed E-state index contributed by atoms with van der Waals surface area (Å²) in [6, 6.07) is 4.94. The van der Waals surface area contributed by atoms with Crippen molar-refractivity contribution in [3.63, 3.8) is 0 Å². The second-order valence-electron chi connectivity index (χ2n) is 3.91. The number of pyridine rings is 1. The fourth-order valence-electron chi connectivity index (χ4n) is 1.46. The third-order valence-electron chi connectivity index (χ3n) is 2.44. The maximum Gasteiger partial charge on any atom is 0.340 e. The molecule has 7 heteroatoms. The molecule has 0 atom stereocenters. The summed E-state index contributed by atoms with van der Waals surface area (Å²) in [7, 11) is 0. The summed E-state index contributed by atoms with van der Waals surface area (Å²) in [5, 5.41) is 6.41. The van der Waals surface area contributed by atoms with E-state index in [1.165, 1.54) is 6.20 Å². The van der Waals surface area contributed by atoms with Gasteiger partial charge in [-0.15, -0.1) is 6.42 Å². The van der Waals surface area contributed by atoms with E-state index < -0.39 is 11.9 Å². The van der Waals surface area contributed by atoms with E-state index in [4.69, 9.17) is 11.2 Å². The Morgan fingerprint density at radius 1 is 1.43 bits per heavy atom. The van der Waals surface area contributed by atoms with Gasteiger partial charge in [-0.05, 0) is 18.2 Å². The highest BCUT2D eigenvalue weighted by molar-refractivity contribution is 5.91. The largest absolute Gasteiger partial charge is 0.452 e. The van der Waals surface area contributed by atoms with E-state index in [-0.39, 0.29) is 18.7 Å². The van der Waals surface area contributed by atoms with Crippen molar-refractivity contribution in [2.45, 2.75) is 0 Å². The van der Waals surface area contributed by atoms with Crippen molar-refractivity contribution >= 4 is 11.9 Å². The molecule has 21 heavy (non-hydrogen) atoms. The topological polar surface area (TPSA) is 86.1 Å². The number of amides is 1. The standard InChI is InChI=1S/C14H12N4O3/c1-2-6-15-13(19)10-21-14(20)11-4-5-12(16-9-11)18-8-3-7-17-18/h1,3-5,7-9H,6,10H2,(H,15,19). The third-order valence-corrected chi connectivity index (χ3v) is 2.44. The van der Waals surface area contributed by atoms with Crippen molar-refractivity contribution in [2.75, 3.05) is 13.2 Å². The Hall–Kier alpha value is -3.14. The zero-order valence-electron chi connectivity index (χ0n) is 11.0. The summed E-state index contributed by atoms with van der Waals surface area (Å²) in [5.74, 6) is 1.73. The van der Waals surface area contributed by atoms with Gasteiger partial charge in [-0.2, -0.15) is 5.10 Å². The van der Waals surface area contributed by atoms with Gasteiger partial charge in [-0.1, -0.05) is 5.92 Å². The van der Waals surface area contributed by atoms with Crippen LogP contribution in [-0.2, 0) is 9.53 Å². The summed E-state index contributed by atoms with van der Waals surface area (Å²) < 4.78 is 6.39. The summed E-state index contributed by atoms with van der Waals surface area (Å²) in [4.78, 5) is 27.0. The van der Waals surface area contributed by atoms with Crippen molar-refractivity contribution in [3.05, 3.63) is 42.4 Å². The zero-order valence-corrected chi connectivity index (χ0v) is 11.0. The first-order valence-electron chi connectivity index (χ1n) is 6.04. The zero-order chi connectivity index (χ0) is 15.1. The van der Waals surface area contributed by atoms with Gasteiger partial charge in [0.2, 0.25) is 0 Å². The average Bonchev–Trinajstić information content (AvgIpc) is 3.05. The van der Waals surface area contributed by atoms with Crippen LogP contribution in [0.1, 0.15) is 10.4 Å². The first-order valence-corrected chi connectivity index (χ1v) is 6.04. The number of aromatic nitrogens is 3. The second-order valence-corrected chi connectivity index (χ2v) is 3.91. The van der Waals surface area contributed by atoms with Crippen LogP contribution in [0.5, 0.6) is 0 Å². The van der Waals surface area contributed by atoms with Gasteiger partial charge in [-0.25, -0.2) is 14.5 Å². The van der Waals surface area contributed by atoms with E-state index in [2.05, 4.69) is 21.3 Å². The van der Waals surface area contributed by atoms with Gasteiger partial charge in [0.25, 0.3) is 5.91 Å². The minimum Gasteiger partial charge on any atom is -0.452 e. The summed E-state index contributed by atoms with van der Waals surface area (Å²) in [5.41, 5.74) is 0.246. The number of terminal acetylenes is 1. The van der Waals surface area contributed by atoms with Crippen LogP contribution >= 0.6 is 0 Å². The van der Waals surface area contributed by atoms with Gasteiger partial charge in [0.15, 0.2) is 12.4 Å². The molecule has 2 aromatic rings. The van der Waals surface area contributed by atoms with Crippen LogP contribution in [0.2, 0.25) is 0 Å². The maximum atomic E-state index is 11.7. The Bertz CT molecular complexity index is 657. The molecule has 0 radical (unpaired) electrons. The number of carbonyl (C=O) groups excluding carboxylic acids is 2. The molecule has 106 valence electrons. The Morgan fingerprint density at radius 3 is 2.90 bits per heavy atom. The summed E-state index contributed by atoms with van der Waals surface area (Å²) >= 11 is 0. The molecule has 2 heterocycles. The first kappa shape index (κ1) is 14.3. The van der Waals surface area contributed by atoms with Crippen molar-refractivity contribution in [3.8, 4) is 18.2 Å². The van der Waals surface area contributed by atoms with Crippen LogP contribution in [0, 0.1) is 12.3 Å². The Kier molecular flexibility index (Phi) is 4.66. The van der Waals surface area contributed by atoms with Crippen LogP contribution in [0.25, 0.3) is 5.82 Å². The molecular formula is C14H12N4O3. The lowest BCUT2D eigenvalue weighted by atomic mass is 10.3. The van der Waals surface area contributed by atoms with E-state index in [0.29, 0.717) is 5.82 Å². The van der Waals surface area contributed by atoms with Gasteiger partial charge in [0, 0.05) is 18.6 Å². The molecule has 1 N–H and O–H groups in total. The highest BCUT2D eigenvalue weighted by atomic mass is 16.5. The molecule has 2 aromatic heterocycles. The molecule has 7 nitrogen and oxygen atoms in total. The fourth-order valence-corrected chi connectivity index (χ4v) is 1.46. The fraction of sp³-hybridized carbons (Fsp3) is 0.143. The molecule has 0 saturated heterocycles. The van der Waals surface area contributed by atoms with Gasteiger partial charge in [0.1, 0.15) is 0 Å². The lowest BCUT2D eigenvalue weighted by Gasteiger charge is -2.05. The highest BCUT2D eigenvalue weighted by Crippen LogP contribution is 2.05. The number of esters is 1. The van der Waals surface area contributed by atoms with Crippen LogP contribution < -0.4 is 5.32 Å². The lowest BCUT2D eigenvalue weighted by Crippen LogP contribution is -2.29. The molecule has 0 saturated carbocycles. The van der Waals surface area contributed by atoms with E-state index >= 15 is 0 Å². The minimum atomic E-state index is -0.634. The first-order chi connectivity index (χ1) is 10.2. The molecule has 0 aliphatic rings. The Labute approximate surface area is 120 Å². The van der Waals surface area contributed by atoms with Gasteiger partial charge >= 0.3 is 5.97 Å². The van der Waals surface area contributed by atoms with Crippen LogP contribution in [0.15, 0.2) is 36.8 Å². The molecule has 0 spiro atoms. The molecule has 0 aliphatic heterocycles. The maximum absolute atomic E-state index is 11.7. The van der Waals surface area contributed by atoms with Crippen LogP contribution in [0.4, 0.5) is 0 Å². The van der Waals surface area contributed by atoms with E-state index in [0.717, 1.165) is 0 Å². The lowest BCUT2D eigenvalue weighted by molar-refractivity contribution is -0.123. The van der Waals surface area contributed by atoms with Crippen LogP contribution in [-0.4, -0.2) is 39.8 Å². The van der Waals surface area contributed by atoms with E-state index in [1.54, 1.807) is 35.3 Å². The average molecular weight is 284 g/mol. The number of carbonyl (C=O) groups is 2. The molecule has 0 unspecified atom stereocenters. The molecular weight excluding hydrogens is 272 g/mol. The van der Waals surface area contributed by atoms with Crippen molar-refractivity contribution in [2.24, 2.45) is 0 Å². The number of nitrogens with zero attached hydrogens (tertiary/aromatic N) is 3.